The van der Waals surface area contributed by atoms with Crippen LogP contribution in [0.2, 0.25) is 0 Å². The number of nitrogens with one attached hydrogen (secondary N) is 1. The third kappa shape index (κ3) is 3.78. The summed E-state index contributed by atoms with van der Waals surface area (Å²) in [4.78, 5) is 16.0. The summed E-state index contributed by atoms with van der Waals surface area (Å²) in [6.45, 7) is -0.569. The van der Waals surface area contributed by atoms with E-state index >= 15 is 0 Å². The Hall–Kier alpha value is -1.59. The first kappa shape index (κ1) is 16.8. The van der Waals surface area contributed by atoms with Gasteiger partial charge in [0.15, 0.2) is 0 Å². The van der Waals surface area contributed by atoms with Crippen LogP contribution < -0.4 is 10.5 Å². The number of pyridine rings is 1. The Kier molecular flexibility index (Phi) is 4.78. The number of nitrogens with zero attached hydrogens (tertiary/aromatic N) is 1. The van der Waals surface area contributed by atoms with E-state index in [9.17, 15) is 23.4 Å². The van der Waals surface area contributed by atoms with Crippen LogP contribution in [0.1, 0.15) is 23.2 Å². The highest BCUT2D eigenvalue weighted by Crippen LogP contribution is 2.31. The predicted octanol–water partition coefficient (Wildman–Crippen LogP) is -1.71. The molecule has 0 saturated heterocycles. The summed E-state index contributed by atoms with van der Waals surface area (Å²) in [5, 5.41) is 27.1. The van der Waals surface area contributed by atoms with Gasteiger partial charge < -0.3 is 15.5 Å². The lowest BCUT2D eigenvalue weighted by Gasteiger charge is -2.33. The molecule has 122 valence electrons. The first-order chi connectivity index (χ1) is 10.2. The molecule has 0 bridgehead atoms. The maximum Gasteiger partial charge on any atom is 0.333 e. The first-order valence-electron chi connectivity index (χ1n) is 6.49. The van der Waals surface area contributed by atoms with Crippen LogP contribution in [0.25, 0.3) is 0 Å². The molecule has 22 heavy (non-hydrogen) atoms. The first-order valence-corrected chi connectivity index (χ1v) is 7.96. The van der Waals surface area contributed by atoms with Crippen molar-refractivity contribution in [2.75, 3.05) is 6.61 Å². The second kappa shape index (κ2) is 6.26. The van der Waals surface area contributed by atoms with E-state index < -0.39 is 40.6 Å². The van der Waals surface area contributed by atoms with Gasteiger partial charge in [-0.2, -0.15) is 8.42 Å². The summed E-state index contributed by atoms with van der Waals surface area (Å²) in [5.74, 6) is -0.548. The minimum Gasteiger partial charge on any atom is -0.390 e. The Bertz CT molecular complexity index is 638. The number of nitrogens with two attached hydrogens (primary N) is 1. The zero-order valence-electron chi connectivity index (χ0n) is 11.5. The topological polar surface area (TPSA) is 152 Å². The van der Waals surface area contributed by atoms with Crippen molar-refractivity contribution in [3.8, 4) is 0 Å². The fourth-order valence-corrected chi connectivity index (χ4v) is 2.77. The summed E-state index contributed by atoms with van der Waals surface area (Å²) >= 11 is 0. The van der Waals surface area contributed by atoms with Crippen LogP contribution >= 0.6 is 0 Å². The molecule has 0 aliphatic heterocycles. The Morgan fingerprint density at radius 1 is 1.45 bits per heavy atom. The van der Waals surface area contributed by atoms with E-state index in [-0.39, 0.29) is 18.4 Å². The SMILES string of the molecule is NS(=O)(=O)OCC1(NC(=O)c2ccncc2)CCC(O)C1O. The molecule has 9 nitrogen and oxygen atoms in total. The van der Waals surface area contributed by atoms with E-state index in [1.165, 1.54) is 24.5 Å². The quantitative estimate of drug-likeness (QED) is 0.501. The normalized spacial score (nSPS) is 28.5. The minimum absolute atomic E-state index is 0.141. The summed E-state index contributed by atoms with van der Waals surface area (Å²) in [7, 11) is -4.25. The molecule has 10 heteroatoms. The van der Waals surface area contributed by atoms with Crippen molar-refractivity contribution in [3.05, 3.63) is 30.1 Å². The Morgan fingerprint density at radius 2 is 2.09 bits per heavy atom. The lowest BCUT2D eigenvalue weighted by molar-refractivity contribution is -0.0134. The number of rotatable bonds is 5. The molecular formula is C12H17N3O6S. The number of hydrogen-bond donors (Lipinski definition) is 4. The average molecular weight is 331 g/mol. The molecule has 2 rings (SSSR count). The maximum atomic E-state index is 12.2. The smallest absolute Gasteiger partial charge is 0.333 e. The highest BCUT2D eigenvalue weighted by molar-refractivity contribution is 7.84. The van der Waals surface area contributed by atoms with E-state index in [1.54, 1.807) is 0 Å². The molecule has 0 radical (unpaired) electrons. The van der Waals surface area contributed by atoms with E-state index in [4.69, 9.17) is 5.14 Å². The molecule has 1 aliphatic rings. The number of carbonyl (C=O) groups is 1. The highest BCUT2D eigenvalue weighted by Gasteiger charge is 2.49. The molecule has 0 spiro atoms. The number of hydrogen-bond acceptors (Lipinski definition) is 7. The molecule has 0 aromatic carbocycles. The third-order valence-corrected chi connectivity index (χ3v) is 4.05. The fourth-order valence-electron chi connectivity index (χ4n) is 2.40. The van der Waals surface area contributed by atoms with Gasteiger partial charge in [-0.3, -0.25) is 14.0 Å². The molecule has 5 N–H and O–H groups in total. The molecule has 1 saturated carbocycles. The third-order valence-electron chi connectivity index (χ3n) is 3.60. The Labute approximate surface area is 127 Å². The Balaban J connectivity index is 2.20. The van der Waals surface area contributed by atoms with Crippen molar-refractivity contribution in [3.63, 3.8) is 0 Å². The van der Waals surface area contributed by atoms with Crippen LogP contribution in [-0.2, 0) is 14.5 Å². The lowest BCUT2D eigenvalue weighted by Crippen LogP contribution is -2.59. The second-order valence-electron chi connectivity index (χ2n) is 5.15. The molecule has 1 aromatic heterocycles. The average Bonchev–Trinajstić information content (AvgIpc) is 2.75. The standard InChI is InChI=1S/C12H17N3O6S/c13-22(19,20)21-7-12(4-1-9(16)10(12)17)15-11(18)8-2-5-14-6-3-8/h2-3,5-6,9-10,16-17H,1,4,7H2,(H,15,18)(H2,13,19,20). The van der Waals surface area contributed by atoms with Crippen molar-refractivity contribution in [1.82, 2.24) is 10.3 Å². The van der Waals surface area contributed by atoms with Crippen LogP contribution in [0.5, 0.6) is 0 Å². The van der Waals surface area contributed by atoms with Gasteiger partial charge in [0.2, 0.25) is 0 Å². The fraction of sp³-hybridized carbons (Fsp3) is 0.500. The van der Waals surface area contributed by atoms with Gasteiger partial charge in [0.1, 0.15) is 6.10 Å². The Morgan fingerprint density at radius 3 is 2.59 bits per heavy atom. The number of amides is 1. The van der Waals surface area contributed by atoms with Crippen LogP contribution in [0, 0.1) is 0 Å². The summed E-state index contributed by atoms with van der Waals surface area (Å²) in [6.07, 6.45) is 0.694. The van der Waals surface area contributed by atoms with E-state index in [1.807, 2.05) is 0 Å². The zero-order chi connectivity index (χ0) is 16.4. The van der Waals surface area contributed by atoms with E-state index in [0.717, 1.165) is 0 Å². The van der Waals surface area contributed by atoms with Crippen LogP contribution in [0.3, 0.4) is 0 Å². The lowest BCUT2D eigenvalue weighted by atomic mass is 9.95. The number of aliphatic hydroxyl groups excluding tert-OH is 2. The predicted molar refractivity (Wildman–Crippen MR) is 74.7 cm³/mol. The van der Waals surface area contributed by atoms with Gasteiger partial charge in [-0.25, -0.2) is 5.14 Å². The molecular weight excluding hydrogens is 314 g/mol. The number of carbonyl (C=O) groups excluding carboxylic acids is 1. The van der Waals surface area contributed by atoms with Gasteiger partial charge in [0.05, 0.1) is 18.2 Å². The van der Waals surface area contributed by atoms with E-state index in [2.05, 4.69) is 14.5 Å². The summed E-state index contributed by atoms with van der Waals surface area (Å²) < 4.78 is 26.5. The van der Waals surface area contributed by atoms with Gasteiger partial charge in [0.25, 0.3) is 5.91 Å². The second-order valence-corrected chi connectivity index (χ2v) is 6.37. The summed E-state index contributed by atoms with van der Waals surface area (Å²) in [6, 6.07) is 2.92. The molecule has 3 atom stereocenters. The van der Waals surface area contributed by atoms with Crippen LogP contribution in [0.15, 0.2) is 24.5 Å². The van der Waals surface area contributed by atoms with Crippen molar-refractivity contribution in [2.45, 2.75) is 30.6 Å². The van der Waals surface area contributed by atoms with Gasteiger partial charge in [0, 0.05) is 18.0 Å². The van der Waals surface area contributed by atoms with Crippen molar-refractivity contribution in [1.29, 1.82) is 0 Å². The number of aliphatic hydroxyl groups is 2. The molecule has 1 heterocycles. The van der Waals surface area contributed by atoms with Crippen molar-refractivity contribution in [2.24, 2.45) is 5.14 Å². The highest BCUT2D eigenvalue weighted by atomic mass is 32.2. The minimum atomic E-state index is -4.25. The monoisotopic (exact) mass is 331 g/mol. The maximum absolute atomic E-state index is 12.2. The van der Waals surface area contributed by atoms with Crippen LogP contribution in [0.4, 0.5) is 0 Å². The van der Waals surface area contributed by atoms with Gasteiger partial charge in [-0.05, 0) is 25.0 Å². The molecule has 1 fully saturated rings. The van der Waals surface area contributed by atoms with Crippen molar-refractivity contribution < 1.29 is 27.6 Å². The van der Waals surface area contributed by atoms with Gasteiger partial charge in [-0.15, -0.1) is 0 Å². The van der Waals surface area contributed by atoms with Gasteiger partial charge >= 0.3 is 10.3 Å². The molecule has 1 aliphatic carbocycles. The van der Waals surface area contributed by atoms with Crippen LogP contribution in [-0.4, -0.2) is 53.9 Å². The molecule has 1 amide bonds. The van der Waals surface area contributed by atoms with Crippen molar-refractivity contribution >= 4 is 16.2 Å². The van der Waals surface area contributed by atoms with Gasteiger partial charge in [-0.1, -0.05) is 0 Å². The molecule has 3 unspecified atom stereocenters. The summed E-state index contributed by atoms with van der Waals surface area (Å²) in [5.41, 5.74) is -1.16. The van der Waals surface area contributed by atoms with E-state index in [0.29, 0.717) is 0 Å². The zero-order valence-corrected chi connectivity index (χ0v) is 12.4. The number of aromatic nitrogens is 1. The largest absolute Gasteiger partial charge is 0.390 e. The molecule has 1 aromatic rings.